The van der Waals surface area contributed by atoms with Crippen molar-refractivity contribution in [3.63, 3.8) is 0 Å². The van der Waals surface area contributed by atoms with Crippen LogP contribution in [0.4, 0.5) is 0 Å². The predicted octanol–water partition coefficient (Wildman–Crippen LogP) is 2.42. The van der Waals surface area contributed by atoms with Crippen molar-refractivity contribution in [2.45, 2.75) is 13.5 Å². The molecular formula is C15H16ClN3O2. The van der Waals surface area contributed by atoms with Gasteiger partial charge in [0.1, 0.15) is 17.5 Å². The second kappa shape index (κ2) is 5.41. The van der Waals surface area contributed by atoms with E-state index in [0.717, 1.165) is 11.3 Å². The van der Waals surface area contributed by atoms with E-state index in [2.05, 4.69) is 5.10 Å². The van der Waals surface area contributed by atoms with E-state index in [1.54, 1.807) is 22.7 Å². The highest BCUT2D eigenvalue weighted by Gasteiger charge is 2.25. The highest BCUT2D eigenvalue weighted by atomic mass is 35.5. The van der Waals surface area contributed by atoms with Crippen molar-refractivity contribution in [3.05, 3.63) is 46.2 Å². The molecule has 1 aromatic carbocycles. The van der Waals surface area contributed by atoms with Crippen molar-refractivity contribution >= 4 is 17.5 Å². The van der Waals surface area contributed by atoms with E-state index in [9.17, 15) is 4.79 Å². The van der Waals surface area contributed by atoms with Gasteiger partial charge in [-0.25, -0.2) is 0 Å². The quantitative estimate of drug-likeness (QED) is 0.856. The Morgan fingerprint density at radius 3 is 2.86 bits per heavy atom. The van der Waals surface area contributed by atoms with Gasteiger partial charge < -0.3 is 9.64 Å². The SMILES string of the molecule is Cc1nn(C)c(Cl)c1CN1CCOc2ccccc2C1=O. The molecule has 21 heavy (non-hydrogen) atoms. The molecule has 2 heterocycles. The van der Waals surface area contributed by atoms with Crippen LogP contribution in [-0.4, -0.2) is 33.7 Å². The lowest BCUT2D eigenvalue weighted by atomic mass is 10.1. The van der Waals surface area contributed by atoms with Crippen LogP contribution >= 0.6 is 11.6 Å². The van der Waals surface area contributed by atoms with Crippen LogP contribution in [-0.2, 0) is 13.6 Å². The molecule has 0 fully saturated rings. The first-order valence-corrected chi connectivity index (χ1v) is 7.15. The topological polar surface area (TPSA) is 47.4 Å². The Morgan fingerprint density at radius 2 is 2.14 bits per heavy atom. The lowest BCUT2D eigenvalue weighted by Gasteiger charge is -2.19. The number of aromatic nitrogens is 2. The number of nitrogens with zero attached hydrogens (tertiary/aromatic N) is 3. The van der Waals surface area contributed by atoms with E-state index in [-0.39, 0.29) is 5.91 Å². The maximum absolute atomic E-state index is 12.6. The highest BCUT2D eigenvalue weighted by Crippen LogP contribution is 2.26. The number of benzene rings is 1. The van der Waals surface area contributed by atoms with Crippen LogP contribution in [0.15, 0.2) is 24.3 Å². The summed E-state index contributed by atoms with van der Waals surface area (Å²) in [6.45, 7) is 3.33. The summed E-state index contributed by atoms with van der Waals surface area (Å²) in [4.78, 5) is 14.4. The molecule has 1 aliphatic heterocycles. The third kappa shape index (κ3) is 2.49. The Bertz CT molecular complexity index is 696. The van der Waals surface area contributed by atoms with Crippen molar-refractivity contribution in [1.82, 2.24) is 14.7 Å². The number of para-hydroxylation sites is 1. The van der Waals surface area contributed by atoms with Crippen molar-refractivity contribution in [2.75, 3.05) is 13.2 Å². The fraction of sp³-hybridized carbons (Fsp3) is 0.333. The van der Waals surface area contributed by atoms with Crippen LogP contribution in [0.2, 0.25) is 5.15 Å². The first kappa shape index (κ1) is 13.9. The number of fused-ring (bicyclic) bond motifs is 1. The molecule has 0 atom stereocenters. The molecule has 1 amide bonds. The maximum Gasteiger partial charge on any atom is 0.258 e. The number of rotatable bonds is 2. The minimum Gasteiger partial charge on any atom is -0.491 e. The standard InChI is InChI=1S/C15H16ClN3O2/c1-10-12(14(16)18(2)17-10)9-19-7-8-21-13-6-4-3-5-11(13)15(19)20/h3-6H,7-9H2,1-2H3. The van der Waals surface area contributed by atoms with Crippen LogP contribution in [0.5, 0.6) is 5.75 Å². The largest absolute Gasteiger partial charge is 0.491 e. The summed E-state index contributed by atoms with van der Waals surface area (Å²) in [6.07, 6.45) is 0. The van der Waals surface area contributed by atoms with Gasteiger partial charge in [-0.3, -0.25) is 9.48 Å². The Labute approximate surface area is 128 Å². The molecular weight excluding hydrogens is 290 g/mol. The number of halogens is 1. The number of hydrogen-bond acceptors (Lipinski definition) is 3. The molecule has 3 rings (SSSR count). The van der Waals surface area contributed by atoms with E-state index >= 15 is 0 Å². The van der Waals surface area contributed by atoms with E-state index in [1.807, 2.05) is 25.1 Å². The lowest BCUT2D eigenvalue weighted by Crippen LogP contribution is -2.32. The fourth-order valence-corrected chi connectivity index (χ4v) is 2.74. The summed E-state index contributed by atoms with van der Waals surface area (Å²) in [7, 11) is 1.79. The third-order valence-electron chi connectivity index (χ3n) is 3.64. The average Bonchev–Trinajstić information content (AvgIpc) is 2.63. The van der Waals surface area contributed by atoms with Crippen molar-refractivity contribution < 1.29 is 9.53 Å². The average molecular weight is 306 g/mol. The van der Waals surface area contributed by atoms with Gasteiger partial charge in [-0.05, 0) is 19.1 Å². The maximum atomic E-state index is 12.6. The molecule has 0 saturated heterocycles. The summed E-state index contributed by atoms with van der Waals surface area (Å²) < 4.78 is 7.26. The van der Waals surface area contributed by atoms with E-state index in [0.29, 0.717) is 36.2 Å². The highest BCUT2D eigenvalue weighted by molar-refractivity contribution is 6.30. The van der Waals surface area contributed by atoms with Crippen LogP contribution in [0.1, 0.15) is 21.6 Å². The molecule has 0 N–H and O–H groups in total. The van der Waals surface area contributed by atoms with Crippen molar-refractivity contribution in [3.8, 4) is 5.75 Å². The summed E-state index contributed by atoms with van der Waals surface area (Å²) >= 11 is 6.25. The molecule has 0 spiro atoms. The smallest absolute Gasteiger partial charge is 0.258 e. The lowest BCUT2D eigenvalue weighted by molar-refractivity contribution is 0.0743. The molecule has 0 aliphatic carbocycles. The number of carbonyl (C=O) groups is 1. The van der Waals surface area contributed by atoms with E-state index in [4.69, 9.17) is 16.3 Å². The summed E-state index contributed by atoms with van der Waals surface area (Å²) in [6, 6.07) is 7.31. The first-order valence-electron chi connectivity index (χ1n) is 6.77. The van der Waals surface area contributed by atoms with Gasteiger partial charge in [0.05, 0.1) is 24.3 Å². The minimum absolute atomic E-state index is 0.0394. The second-order valence-electron chi connectivity index (χ2n) is 5.05. The molecule has 110 valence electrons. The van der Waals surface area contributed by atoms with Gasteiger partial charge in [0.2, 0.25) is 0 Å². The number of hydrogen-bond donors (Lipinski definition) is 0. The van der Waals surface area contributed by atoms with E-state index in [1.165, 1.54) is 0 Å². The van der Waals surface area contributed by atoms with Gasteiger partial charge in [0.15, 0.2) is 0 Å². The minimum atomic E-state index is -0.0394. The Hall–Kier alpha value is -2.01. The first-order chi connectivity index (χ1) is 10.1. The molecule has 1 aliphatic rings. The van der Waals surface area contributed by atoms with Crippen molar-refractivity contribution in [1.29, 1.82) is 0 Å². The number of aryl methyl sites for hydroxylation is 2. The van der Waals surface area contributed by atoms with E-state index < -0.39 is 0 Å². The number of carbonyl (C=O) groups excluding carboxylic acids is 1. The third-order valence-corrected chi connectivity index (χ3v) is 4.12. The zero-order chi connectivity index (χ0) is 15.0. The molecule has 2 aromatic rings. The molecule has 0 saturated carbocycles. The normalized spacial score (nSPS) is 14.6. The molecule has 0 unspecified atom stereocenters. The molecule has 5 nitrogen and oxygen atoms in total. The monoisotopic (exact) mass is 305 g/mol. The van der Waals surface area contributed by atoms with Gasteiger partial charge in [0, 0.05) is 12.6 Å². The van der Waals surface area contributed by atoms with Gasteiger partial charge in [-0.2, -0.15) is 5.10 Å². The molecule has 0 bridgehead atoms. The van der Waals surface area contributed by atoms with Crippen LogP contribution in [0.25, 0.3) is 0 Å². The number of amides is 1. The predicted molar refractivity (Wildman–Crippen MR) is 79.6 cm³/mol. The Balaban J connectivity index is 1.91. The number of ether oxygens (including phenoxy) is 1. The van der Waals surface area contributed by atoms with Crippen LogP contribution in [0, 0.1) is 6.92 Å². The molecule has 6 heteroatoms. The summed E-state index contributed by atoms with van der Waals surface area (Å²) in [5.41, 5.74) is 2.31. The molecule has 0 radical (unpaired) electrons. The Morgan fingerprint density at radius 1 is 1.38 bits per heavy atom. The fourth-order valence-electron chi connectivity index (χ4n) is 2.50. The zero-order valence-electron chi connectivity index (χ0n) is 12.0. The van der Waals surface area contributed by atoms with Crippen LogP contribution < -0.4 is 4.74 Å². The van der Waals surface area contributed by atoms with Crippen LogP contribution in [0.3, 0.4) is 0 Å². The zero-order valence-corrected chi connectivity index (χ0v) is 12.7. The second-order valence-corrected chi connectivity index (χ2v) is 5.41. The van der Waals surface area contributed by atoms with Gasteiger partial charge in [-0.15, -0.1) is 0 Å². The van der Waals surface area contributed by atoms with Crippen molar-refractivity contribution in [2.24, 2.45) is 7.05 Å². The van der Waals surface area contributed by atoms with Gasteiger partial charge in [-0.1, -0.05) is 23.7 Å². The van der Waals surface area contributed by atoms with Gasteiger partial charge in [0.25, 0.3) is 5.91 Å². The summed E-state index contributed by atoms with van der Waals surface area (Å²) in [5, 5.41) is 4.85. The summed E-state index contributed by atoms with van der Waals surface area (Å²) in [5.74, 6) is 0.599. The molecule has 1 aromatic heterocycles. The Kier molecular flexibility index (Phi) is 3.59. The van der Waals surface area contributed by atoms with Gasteiger partial charge >= 0.3 is 0 Å².